The molecule has 0 aliphatic carbocycles. The van der Waals surface area contributed by atoms with Crippen LogP contribution < -0.4 is 11.0 Å². The van der Waals surface area contributed by atoms with E-state index in [1.807, 2.05) is 0 Å². The Hall–Kier alpha value is -3.70. The van der Waals surface area contributed by atoms with Gasteiger partial charge in [0, 0.05) is 11.8 Å². The Bertz CT molecular complexity index is 1410. The predicted molar refractivity (Wildman–Crippen MR) is 143 cm³/mol. The first kappa shape index (κ1) is 29.3. The molecule has 1 aliphatic rings. The van der Waals surface area contributed by atoms with Crippen molar-refractivity contribution in [2.75, 3.05) is 24.7 Å². The van der Waals surface area contributed by atoms with E-state index in [4.69, 9.17) is 18.5 Å². The van der Waals surface area contributed by atoms with E-state index in [2.05, 4.69) is 10.3 Å². The van der Waals surface area contributed by atoms with Crippen LogP contribution in [0.5, 0.6) is 0 Å². The van der Waals surface area contributed by atoms with Gasteiger partial charge in [-0.2, -0.15) is 4.98 Å². The molecule has 4 atom stereocenters. The fourth-order valence-corrected chi connectivity index (χ4v) is 5.99. The second-order valence-corrected chi connectivity index (χ2v) is 10.8. The zero-order valence-electron chi connectivity index (χ0n) is 21.8. The summed E-state index contributed by atoms with van der Waals surface area (Å²) in [7, 11) is -3.76. The number of hydrogen-bond donors (Lipinski definition) is 1. The third-order valence-corrected chi connectivity index (χ3v) is 8.07. The Labute approximate surface area is 229 Å². The minimum absolute atomic E-state index is 0.0516. The van der Waals surface area contributed by atoms with Crippen LogP contribution >= 0.6 is 7.60 Å². The van der Waals surface area contributed by atoms with E-state index in [-0.39, 0.29) is 24.6 Å². The van der Waals surface area contributed by atoms with Crippen LogP contribution in [-0.2, 0) is 23.1 Å². The highest BCUT2D eigenvalue weighted by Crippen LogP contribution is 2.51. The van der Waals surface area contributed by atoms with E-state index in [0.29, 0.717) is 5.56 Å². The van der Waals surface area contributed by atoms with Gasteiger partial charge in [0.15, 0.2) is 18.5 Å². The zero-order valence-corrected chi connectivity index (χ0v) is 22.7. The molecule has 0 radical (unpaired) electrons. The first-order valence-electron chi connectivity index (χ1n) is 12.6. The van der Waals surface area contributed by atoms with Crippen molar-refractivity contribution >= 4 is 25.3 Å². The molecule has 40 heavy (non-hydrogen) atoms. The number of halogens is 1. The Morgan fingerprint density at radius 3 is 2.17 bits per heavy atom. The zero-order chi connectivity index (χ0) is 28.7. The molecule has 1 aromatic heterocycles. The van der Waals surface area contributed by atoms with Gasteiger partial charge in [-0.25, -0.2) is 14.0 Å². The number of alkyl halides is 1. The standard InChI is InChI=1S/C27H29FN3O8P/c1-3-36-40(35,37-4-2)17-20-23(39-26(33)19-13-9-6-10-14-19)22(28)25(38-20)31-16-15-21(30-27(31)34)29-24(32)18-11-7-5-8-12-18/h5-16,20,22-23,25H,3-4,17H2,1-2H3,(H,29,30,32,34)/t20-,22+,23-,25-/m1/s1. The predicted octanol–water partition coefficient (Wildman–Crippen LogP) is 4.22. The lowest BCUT2D eigenvalue weighted by atomic mass is 10.1. The lowest BCUT2D eigenvalue weighted by molar-refractivity contribution is -0.0237. The number of ether oxygens (including phenoxy) is 2. The minimum atomic E-state index is -3.76. The summed E-state index contributed by atoms with van der Waals surface area (Å²) in [5.41, 5.74) is -0.396. The van der Waals surface area contributed by atoms with Crippen molar-refractivity contribution in [2.45, 2.75) is 38.5 Å². The van der Waals surface area contributed by atoms with E-state index in [0.717, 1.165) is 4.57 Å². The van der Waals surface area contributed by atoms with Crippen LogP contribution in [0.15, 0.2) is 77.7 Å². The number of nitrogens with zero attached hydrogens (tertiary/aromatic N) is 2. The van der Waals surface area contributed by atoms with Gasteiger partial charge in [0.2, 0.25) is 0 Å². The highest BCUT2D eigenvalue weighted by atomic mass is 31.2. The molecule has 212 valence electrons. The average molecular weight is 574 g/mol. The maximum atomic E-state index is 15.9. The van der Waals surface area contributed by atoms with Gasteiger partial charge in [0.1, 0.15) is 11.9 Å². The van der Waals surface area contributed by atoms with Gasteiger partial charge in [-0.1, -0.05) is 36.4 Å². The molecular formula is C27H29FN3O8P. The number of anilines is 1. The van der Waals surface area contributed by atoms with Crippen LogP contribution in [0.1, 0.15) is 40.8 Å². The van der Waals surface area contributed by atoms with Crippen molar-refractivity contribution in [2.24, 2.45) is 0 Å². The summed E-state index contributed by atoms with van der Waals surface area (Å²) < 4.78 is 52.0. The summed E-state index contributed by atoms with van der Waals surface area (Å²) >= 11 is 0. The van der Waals surface area contributed by atoms with Crippen molar-refractivity contribution in [1.82, 2.24) is 9.55 Å². The van der Waals surface area contributed by atoms with Crippen LogP contribution in [0.3, 0.4) is 0 Å². The van der Waals surface area contributed by atoms with Gasteiger partial charge in [0.25, 0.3) is 5.91 Å². The molecule has 13 heteroatoms. The van der Waals surface area contributed by atoms with Crippen LogP contribution in [0.2, 0.25) is 0 Å². The first-order chi connectivity index (χ1) is 19.2. The topological polar surface area (TPSA) is 135 Å². The molecule has 3 aromatic rings. The lowest BCUT2D eigenvalue weighted by Gasteiger charge is -2.24. The summed E-state index contributed by atoms with van der Waals surface area (Å²) in [5.74, 6) is -1.36. The van der Waals surface area contributed by atoms with Crippen molar-refractivity contribution in [3.63, 3.8) is 0 Å². The number of esters is 1. The maximum Gasteiger partial charge on any atom is 0.351 e. The van der Waals surface area contributed by atoms with E-state index < -0.39 is 55.9 Å². The van der Waals surface area contributed by atoms with Crippen LogP contribution in [0, 0.1) is 0 Å². The minimum Gasteiger partial charge on any atom is -0.453 e. The summed E-state index contributed by atoms with van der Waals surface area (Å²) in [6.45, 7) is 3.36. The fourth-order valence-electron chi connectivity index (χ4n) is 4.18. The van der Waals surface area contributed by atoms with Crippen LogP contribution in [0.25, 0.3) is 0 Å². The smallest absolute Gasteiger partial charge is 0.351 e. The van der Waals surface area contributed by atoms with Gasteiger partial charge >= 0.3 is 19.3 Å². The number of nitrogens with one attached hydrogen (secondary N) is 1. The normalized spacial score (nSPS) is 20.7. The lowest BCUT2D eigenvalue weighted by Crippen LogP contribution is -2.37. The van der Waals surface area contributed by atoms with E-state index in [1.54, 1.807) is 62.4 Å². The molecule has 0 unspecified atom stereocenters. The van der Waals surface area contributed by atoms with Crippen molar-refractivity contribution in [1.29, 1.82) is 0 Å². The molecule has 2 heterocycles. The largest absolute Gasteiger partial charge is 0.453 e. The number of carbonyl (C=O) groups is 2. The summed E-state index contributed by atoms with van der Waals surface area (Å²) in [6.07, 6.45) is -5.66. The fraction of sp³-hybridized carbons (Fsp3) is 0.333. The number of aromatic nitrogens is 2. The maximum absolute atomic E-state index is 15.9. The Balaban J connectivity index is 1.59. The van der Waals surface area contributed by atoms with E-state index in [1.165, 1.54) is 24.4 Å². The molecule has 1 saturated heterocycles. The molecule has 4 rings (SSSR count). The summed E-state index contributed by atoms with van der Waals surface area (Å²) in [5, 5.41) is 2.51. The molecule has 1 fully saturated rings. The monoisotopic (exact) mass is 573 g/mol. The van der Waals surface area contributed by atoms with Crippen LogP contribution in [-0.4, -0.2) is 59.2 Å². The Morgan fingerprint density at radius 2 is 1.60 bits per heavy atom. The molecule has 1 aliphatic heterocycles. The highest BCUT2D eigenvalue weighted by Gasteiger charge is 2.51. The second kappa shape index (κ2) is 13.1. The molecule has 0 spiro atoms. The molecule has 0 saturated carbocycles. The molecule has 11 nitrogen and oxygen atoms in total. The van der Waals surface area contributed by atoms with E-state index >= 15 is 4.39 Å². The Morgan fingerprint density at radius 1 is 1.00 bits per heavy atom. The number of benzene rings is 2. The number of carbonyl (C=O) groups excluding carboxylic acids is 2. The molecule has 1 N–H and O–H groups in total. The van der Waals surface area contributed by atoms with Gasteiger partial charge in [-0.3, -0.25) is 13.9 Å². The molecular weight excluding hydrogens is 544 g/mol. The van der Waals surface area contributed by atoms with E-state index in [9.17, 15) is 18.9 Å². The average Bonchev–Trinajstić information content (AvgIpc) is 3.23. The summed E-state index contributed by atoms with van der Waals surface area (Å²) in [4.78, 5) is 41.9. The third kappa shape index (κ3) is 6.89. The Kier molecular flexibility index (Phi) is 9.59. The van der Waals surface area contributed by atoms with Crippen molar-refractivity contribution in [3.05, 3.63) is 94.5 Å². The molecule has 0 bridgehead atoms. The molecule has 1 amide bonds. The quantitative estimate of drug-likeness (QED) is 0.264. The second-order valence-electron chi connectivity index (χ2n) is 8.70. The van der Waals surface area contributed by atoms with Crippen molar-refractivity contribution in [3.8, 4) is 0 Å². The SMILES string of the molecule is CCOP(=O)(C[C@H]1O[C@@H](n2ccc(NC(=O)c3ccccc3)nc2=O)[C@@H](F)[C@@H]1OC(=O)c1ccccc1)OCC. The van der Waals surface area contributed by atoms with Crippen molar-refractivity contribution < 1.29 is 37.1 Å². The van der Waals surface area contributed by atoms with Gasteiger partial charge in [-0.05, 0) is 44.2 Å². The first-order valence-corrected chi connectivity index (χ1v) is 14.4. The highest BCUT2D eigenvalue weighted by molar-refractivity contribution is 7.53. The number of rotatable bonds is 11. The third-order valence-electron chi connectivity index (χ3n) is 5.96. The molecule has 2 aromatic carbocycles. The van der Waals surface area contributed by atoms with Crippen LogP contribution in [0.4, 0.5) is 10.2 Å². The van der Waals surface area contributed by atoms with Gasteiger partial charge < -0.3 is 23.8 Å². The van der Waals surface area contributed by atoms with Gasteiger partial charge in [0.05, 0.1) is 24.9 Å². The number of amides is 1. The van der Waals surface area contributed by atoms with Gasteiger partial charge in [-0.15, -0.1) is 0 Å². The summed E-state index contributed by atoms with van der Waals surface area (Å²) in [6, 6.07) is 17.6. The number of hydrogen-bond acceptors (Lipinski definition) is 9.